The summed E-state index contributed by atoms with van der Waals surface area (Å²) < 4.78 is 70.4. The lowest BCUT2D eigenvalue weighted by atomic mass is 10.0. The Morgan fingerprint density at radius 1 is 1.23 bits per heavy atom. The van der Waals surface area contributed by atoms with E-state index in [1.165, 1.54) is 20.8 Å². The Labute approximate surface area is 150 Å². The van der Waals surface area contributed by atoms with E-state index in [0.717, 1.165) is 0 Å². The third-order valence-corrected chi connectivity index (χ3v) is 3.29. The van der Waals surface area contributed by atoms with Gasteiger partial charge in [0.05, 0.1) is 5.56 Å². The summed E-state index contributed by atoms with van der Waals surface area (Å²) in [6, 6.07) is -1.66. The van der Waals surface area contributed by atoms with Crippen LogP contribution >= 0.6 is 11.6 Å². The third-order valence-electron chi connectivity index (χ3n) is 2.96. The van der Waals surface area contributed by atoms with Crippen LogP contribution in [0.3, 0.4) is 0 Å². The van der Waals surface area contributed by atoms with Gasteiger partial charge in [0.25, 0.3) is 0 Å². The maximum Gasteiger partial charge on any atom is 0.419 e. The molecule has 0 aromatic heterocycles. The van der Waals surface area contributed by atoms with E-state index in [4.69, 9.17) is 21.4 Å². The Kier molecular flexibility index (Phi) is 6.45. The zero-order valence-electron chi connectivity index (χ0n) is 13.8. The minimum atomic E-state index is -5.19. The van der Waals surface area contributed by atoms with Crippen molar-refractivity contribution in [3.63, 3.8) is 0 Å². The van der Waals surface area contributed by atoms with Gasteiger partial charge in [-0.3, -0.25) is 0 Å². The number of rotatable bonds is 4. The quantitative estimate of drug-likeness (QED) is 0.585. The van der Waals surface area contributed by atoms with Gasteiger partial charge >= 0.3 is 18.2 Å². The first-order valence-corrected chi connectivity index (χ1v) is 7.47. The van der Waals surface area contributed by atoms with E-state index in [1.807, 2.05) is 5.32 Å². The van der Waals surface area contributed by atoms with E-state index in [0.29, 0.717) is 0 Å². The fourth-order valence-electron chi connectivity index (χ4n) is 1.88. The van der Waals surface area contributed by atoms with Crippen molar-refractivity contribution in [2.45, 2.75) is 45.0 Å². The van der Waals surface area contributed by atoms with Crippen molar-refractivity contribution in [1.29, 1.82) is 0 Å². The molecule has 1 aromatic carbocycles. The normalized spacial score (nSPS) is 13.3. The summed E-state index contributed by atoms with van der Waals surface area (Å²) in [7, 11) is 0. The number of alkyl carbamates (subject to hydrolysis) is 1. The molecule has 1 aromatic rings. The lowest BCUT2D eigenvalue weighted by molar-refractivity contribution is -0.141. The number of carbonyl (C=O) groups excluding carboxylic acids is 1. The van der Waals surface area contributed by atoms with Crippen LogP contribution in [-0.2, 0) is 22.1 Å². The van der Waals surface area contributed by atoms with Gasteiger partial charge in [0.2, 0.25) is 0 Å². The third kappa shape index (κ3) is 5.72. The molecule has 0 aliphatic carbocycles. The van der Waals surface area contributed by atoms with Gasteiger partial charge in [-0.05, 0) is 26.8 Å². The molecular weight excluding hydrogens is 389 g/mol. The molecule has 5 nitrogen and oxygen atoms in total. The maximum atomic E-state index is 14.0. The summed E-state index contributed by atoms with van der Waals surface area (Å²) in [5.41, 5.74) is -3.70. The molecule has 26 heavy (non-hydrogen) atoms. The van der Waals surface area contributed by atoms with Crippen LogP contribution in [0.2, 0.25) is 5.02 Å². The number of hydrogen-bond donors (Lipinski definition) is 2. The zero-order chi connectivity index (χ0) is 20.4. The zero-order valence-corrected chi connectivity index (χ0v) is 14.6. The van der Waals surface area contributed by atoms with Crippen LogP contribution < -0.4 is 5.32 Å². The number of nitrogens with one attached hydrogen (secondary N) is 1. The molecule has 0 aliphatic rings. The molecule has 0 fully saturated rings. The number of amides is 1. The molecule has 0 aliphatic heterocycles. The van der Waals surface area contributed by atoms with Gasteiger partial charge in [-0.2, -0.15) is 13.2 Å². The standard InChI is InChI=1S/C15H15ClF5NO4/c1-14(2,3)26-13(25)22-9(12(23)24)4-6-8(16)5-7(15(19,20)21)11(18)10(6)17/h5,9H,4H2,1-3H3,(H,22,25)(H,23,24). The first-order valence-electron chi connectivity index (χ1n) is 7.09. The monoisotopic (exact) mass is 403 g/mol. The van der Waals surface area contributed by atoms with Crippen LogP contribution in [0.15, 0.2) is 6.07 Å². The molecule has 1 amide bonds. The van der Waals surface area contributed by atoms with Gasteiger partial charge in [0.1, 0.15) is 11.6 Å². The molecule has 0 saturated carbocycles. The van der Waals surface area contributed by atoms with Gasteiger partial charge in [-0.25, -0.2) is 18.4 Å². The Bertz CT molecular complexity index is 715. The fraction of sp³-hybridized carbons (Fsp3) is 0.467. The highest BCUT2D eigenvalue weighted by Gasteiger charge is 2.38. The lowest BCUT2D eigenvalue weighted by Gasteiger charge is -2.22. The number of hydrogen-bond acceptors (Lipinski definition) is 3. The maximum absolute atomic E-state index is 14.0. The summed E-state index contributed by atoms with van der Waals surface area (Å²) in [6.07, 6.45) is -7.24. The molecule has 1 atom stereocenters. The summed E-state index contributed by atoms with van der Waals surface area (Å²) in [4.78, 5) is 22.9. The molecule has 2 N–H and O–H groups in total. The molecule has 0 radical (unpaired) electrons. The second-order valence-corrected chi connectivity index (χ2v) is 6.66. The Balaban J connectivity index is 3.16. The first kappa shape index (κ1) is 21.9. The highest BCUT2D eigenvalue weighted by atomic mass is 35.5. The number of benzene rings is 1. The predicted molar refractivity (Wildman–Crippen MR) is 80.9 cm³/mol. The minimum absolute atomic E-state index is 0.154. The molecule has 0 heterocycles. The second-order valence-electron chi connectivity index (χ2n) is 6.25. The van der Waals surface area contributed by atoms with Crippen molar-refractivity contribution < 1.29 is 41.4 Å². The van der Waals surface area contributed by atoms with Crippen LogP contribution in [0, 0.1) is 11.6 Å². The van der Waals surface area contributed by atoms with Crippen LogP contribution in [0.25, 0.3) is 0 Å². The van der Waals surface area contributed by atoms with Crippen molar-refractivity contribution in [1.82, 2.24) is 5.32 Å². The molecule has 1 rings (SSSR count). The van der Waals surface area contributed by atoms with E-state index >= 15 is 0 Å². The fourth-order valence-corrected chi connectivity index (χ4v) is 2.15. The van der Waals surface area contributed by atoms with Gasteiger partial charge in [0.15, 0.2) is 11.6 Å². The van der Waals surface area contributed by atoms with Crippen LogP contribution in [0.1, 0.15) is 31.9 Å². The number of carboxylic acid groups (broad SMARTS) is 1. The molecular formula is C15H15ClF5NO4. The Hall–Kier alpha value is -2.10. The van der Waals surface area contributed by atoms with E-state index in [2.05, 4.69) is 0 Å². The van der Waals surface area contributed by atoms with Crippen LogP contribution in [0.4, 0.5) is 26.7 Å². The smallest absolute Gasteiger partial charge is 0.419 e. The number of ether oxygens (including phenoxy) is 1. The average molecular weight is 404 g/mol. The predicted octanol–water partition coefficient (Wildman–Crippen LogP) is 4.16. The summed E-state index contributed by atoms with van der Waals surface area (Å²) in [5.74, 6) is -5.80. The highest BCUT2D eigenvalue weighted by molar-refractivity contribution is 6.31. The van der Waals surface area contributed by atoms with Gasteiger partial charge in [-0.1, -0.05) is 11.6 Å². The van der Waals surface area contributed by atoms with Crippen molar-refractivity contribution >= 4 is 23.7 Å². The lowest BCUT2D eigenvalue weighted by Crippen LogP contribution is -2.44. The first-order chi connectivity index (χ1) is 11.6. The highest BCUT2D eigenvalue weighted by Crippen LogP contribution is 2.36. The van der Waals surface area contributed by atoms with Crippen molar-refractivity contribution in [3.05, 3.63) is 33.9 Å². The summed E-state index contributed by atoms with van der Waals surface area (Å²) in [6.45, 7) is 4.51. The van der Waals surface area contributed by atoms with E-state index in [-0.39, 0.29) is 6.07 Å². The van der Waals surface area contributed by atoms with E-state index in [9.17, 15) is 31.5 Å². The van der Waals surface area contributed by atoms with Crippen LogP contribution in [-0.4, -0.2) is 28.8 Å². The van der Waals surface area contributed by atoms with Crippen molar-refractivity contribution in [3.8, 4) is 0 Å². The molecule has 1 unspecified atom stereocenters. The summed E-state index contributed by atoms with van der Waals surface area (Å²) in [5, 5.41) is 10.2. The summed E-state index contributed by atoms with van der Waals surface area (Å²) >= 11 is 5.56. The second kappa shape index (κ2) is 7.65. The Morgan fingerprint density at radius 2 is 1.77 bits per heavy atom. The Morgan fingerprint density at radius 3 is 2.19 bits per heavy atom. The molecule has 11 heteroatoms. The molecule has 0 spiro atoms. The molecule has 0 saturated heterocycles. The van der Waals surface area contributed by atoms with E-state index < -0.39 is 64.1 Å². The minimum Gasteiger partial charge on any atom is -0.480 e. The average Bonchev–Trinajstić information content (AvgIpc) is 2.42. The van der Waals surface area contributed by atoms with Gasteiger partial charge < -0.3 is 15.2 Å². The molecule has 0 bridgehead atoms. The largest absolute Gasteiger partial charge is 0.480 e. The van der Waals surface area contributed by atoms with Gasteiger partial charge in [0, 0.05) is 17.0 Å². The number of carboxylic acids is 1. The van der Waals surface area contributed by atoms with Crippen LogP contribution in [0.5, 0.6) is 0 Å². The van der Waals surface area contributed by atoms with Crippen molar-refractivity contribution in [2.24, 2.45) is 0 Å². The molecule has 146 valence electrons. The number of alkyl halides is 3. The van der Waals surface area contributed by atoms with E-state index in [1.54, 1.807) is 0 Å². The van der Waals surface area contributed by atoms with Crippen molar-refractivity contribution in [2.75, 3.05) is 0 Å². The SMILES string of the molecule is CC(C)(C)OC(=O)NC(Cc1c(Cl)cc(C(F)(F)F)c(F)c1F)C(=O)O. The number of halogens is 6. The number of carbonyl (C=O) groups is 2. The number of aliphatic carboxylic acids is 1. The van der Waals surface area contributed by atoms with Gasteiger partial charge in [-0.15, -0.1) is 0 Å². The topological polar surface area (TPSA) is 75.6 Å².